The molecule has 0 heterocycles. The molecule has 2 aromatic carbocycles. The van der Waals surface area contributed by atoms with Crippen LogP contribution in [0.15, 0.2) is 60.7 Å². The van der Waals surface area contributed by atoms with E-state index in [0.717, 1.165) is 0 Å². The third-order valence-corrected chi connectivity index (χ3v) is 1.70. The van der Waals surface area contributed by atoms with Crippen LogP contribution < -0.4 is 0 Å². The van der Waals surface area contributed by atoms with E-state index >= 15 is 0 Å². The molecule has 0 saturated carbocycles. The Morgan fingerprint density at radius 1 is 0.714 bits per heavy atom. The number of hydrogen-bond acceptors (Lipinski definition) is 1. The smallest absolute Gasteiger partial charge is 0.115 e. The summed E-state index contributed by atoms with van der Waals surface area (Å²) in [6, 6.07) is 19.0. The molecule has 72 valence electrons. The van der Waals surface area contributed by atoms with E-state index in [1.165, 1.54) is 5.56 Å². The molecule has 1 heteroatoms. The quantitative estimate of drug-likeness (QED) is 0.668. The summed E-state index contributed by atoms with van der Waals surface area (Å²) >= 11 is 0. The van der Waals surface area contributed by atoms with E-state index in [4.69, 9.17) is 5.11 Å². The number of aryl methyl sites for hydroxylation is 1. The molecular weight excluding hydrogens is 172 g/mol. The zero-order valence-corrected chi connectivity index (χ0v) is 8.22. The van der Waals surface area contributed by atoms with Crippen molar-refractivity contribution in [2.24, 2.45) is 0 Å². The fourth-order valence-corrected chi connectivity index (χ4v) is 0.962. The van der Waals surface area contributed by atoms with Crippen LogP contribution in [0.5, 0.6) is 5.75 Å². The average Bonchev–Trinajstić information content (AvgIpc) is 2.21. The highest BCUT2D eigenvalue weighted by Gasteiger charge is 1.74. The molecule has 0 radical (unpaired) electrons. The van der Waals surface area contributed by atoms with Crippen LogP contribution >= 0.6 is 0 Å². The van der Waals surface area contributed by atoms with Crippen LogP contribution in [0.25, 0.3) is 0 Å². The molecule has 0 aromatic heterocycles. The van der Waals surface area contributed by atoms with Crippen molar-refractivity contribution in [2.75, 3.05) is 0 Å². The van der Waals surface area contributed by atoms with Gasteiger partial charge in [0.25, 0.3) is 0 Å². The van der Waals surface area contributed by atoms with Crippen molar-refractivity contribution in [3.63, 3.8) is 0 Å². The first-order valence-electron chi connectivity index (χ1n) is 4.54. The topological polar surface area (TPSA) is 20.2 Å². The molecule has 1 N–H and O–H groups in total. The zero-order chi connectivity index (χ0) is 10.2. The van der Waals surface area contributed by atoms with Gasteiger partial charge in [0.1, 0.15) is 5.75 Å². The van der Waals surface area contributed by atoms with Crippen LogP contribution in [0.3, 0.4) is 0 Å². The van der Waals surface area contributed by atoms with Gasteiger partial charge >= 0.3 is 0 Å². The summed E-state index contributed by atoms with van der Waals surface area (Å²) in [5.41, 5.74) is 1.32. The van der Waals surface area contributed by atoms with Crippen LogP contribution in [0.4, 0.5) is 0 Å². The normalized spacial score (nSPS) is 8.64. The van der Waals surface area contributed by atoms with Crippen LogP contribution in [-0.2, 0) is 0 Å². The van der Waals surface area contributed by atoms with Gasteiger partial charge in [0.15, 0.2) is 0 Å². The molecule has 0 spiro atoms. The Bertz CT molecular complexity index is 303. The lowest BCUT2D eigenvalue weighted by Crippen LogP contribution is -1.62. The molecular formula is C13H14O. The molecule has 0 unspecified atom stereocenters. The minimum Gasteiger partial charge on any atom is -0.508 e. The third-order valence-electron chi connectivity index (χ3n) is 1.70. The van der Waals surface area contributed by atoms with Crippen molar-refractivity contribution in [1.82, 2.24) is 0 Å². The molecule has 0 amide bonds. The molecule has 0 aliphatic heterocycles. The number of benzene rings is 2. The number of rotatable bonds is 0. The molecule has 1 nitrogen and oxygen atoms in total. The molecule has 0 aliphatic carbocycles. The van der Waals surface area contributed by atoms with Gasteiger partial charge in [-0.25, -0.2) is 0 Å². The fraction of sp³-hybridized carbons (Fsp3) is 0.0769. The van der Waals surface area contributed by atoms with Crippen molar-refractivity contribution in [3.05, 3.63) is 66.2 Å². The van der Waals surface area contributed by atoms with E-state index < -0.39 is 0 Å². The molecule has 0 aliphatic rings. The Balaban J connectivity index is 0.000000140. The summed E-state index contributed by atoms with van der Waals surface area (Å²) in [6.07, 6.45) is 0. The van der Waals surface area contributed by atoms with E-state index in [0.29, 0.717) is 5.75 Å². The summed E-state index contributed by atoms with van der Waals surface area (Å²) in [4.78, 5) is 0. The van der Waals surface area contributed by atoms with Crippen LogP contribution in [-0.4, -0.2) is 5.11 Å². The second-order valence-electron chi connectivity index (χ2n) is 2.99. The van der Waals surface area contributed by atoms with Crippen molar-refractivity contribution >= 4 is 0 Å². The summed E-state index contributed by atoms with van der Waals surface area (Å²) in [5, 5.41) is 8.63. The van der Waals surface area contributed by atoms with Gasteiger partial charge in [-0.15, -0.1) is 0 Å². The van der Waals surface area contributed by atoms with Gasteiger partial charge in [-0.2, -0.15) is 0 Å². The first kappa shape index (κ1) is 10.3. The Morgan fingerprint density at radius 3 is 1.36 bits per heavy atom. The van der Waals surface area contributed by atoms with Gasteiger partial charge < -0.3 is 5.11 Å². The highest BCUT2D eigenvalue weighted by molar-refractivity contribution is 5.18. The van der Waals surface area contributed by atoms with E-state index in [1.54, 1.807) is 24.3 Å². The van der Waals surface area contributed by atoms with Crippen LogP contribution in [0.2, 0.25) is 0 Å². The maximum absolute atomic E-state index is 8.63. The molecule has 0 atom stereocenters. The molecule has 0 saturated heterocycles. The van der Waals surface area contributed by atoms with Gasteiger partial charge in [0.2, 0.25) is 0 Å². The summed E-state index contributed by atoms with van der Waals surface area (Å²) in [7, 11) is 0. The number of phenolic OH excluding ortho intramolecular Hbond substituents is 1. The van der Waals surface area contributed by atoms with Crippen LogP contribution in [0.1, 0.15) is 5.56 Å². The minimum absolute atomic E-state index is 0.322. The number of para-hydroxylation sites is 1. The first-order valence-corrected chi connectivity index (χ1v) is 4.54. The van der Waals surface area contributed by atoms with E-state index in [2.05, 4.69) is 19.1 Å². The standard InChI is InChI=1S/C7H8.C6H6O/c1-7-5-3-2-4-6-7;7-6-4-2-1-3-5-6/h2-6H,1H3;1-5,7H. The van der Waals surface area contributed by atoms with E-state index in [9.17, 15) is 0 Å². The van der Waals surface area contributed by atoms with Crippen molar-refractivity contribution in [2.45, 2.75) is 6.92 Å². The summed E-state index contributed by atoms with van der Waals surface area (Å²) < 4.78 is 0. The highest BCUT2D eigenvalue weighted by atomic mass is 16.3. The second kappa shape index (κ2) is 5.81. The molecule has 0 bridgehead atoms. The van der Waals surface area contributed by atoms with Crippen LogP contribution in [0, 0.1) is 6.92 Å². The Morgan fingerprint density at radius 2 is 1.14 bits per heavy atom. The Labute approximate surface area is 84.7 Å². The summed E-state index contributed by atoms with van der Waals surface area (Å²) in [5.74, 6) is 0.322. The maximum atomic E-state index is 8.63. The first-order chi connectivity index (χ1) is 6.79. The SMILES string of the molecule is Cc1ccccc1.Oc1ccccc1. The van der Waals surface area contributed by atoms with Gasteiger partial charge in [-0.05, 0) is 19.1 Å². The van der Waals surface area contributed by atoms with Crippen molar-refractivity contribution in [3.8, 4) is 5.75 Å². The van der Waals surface area contributed by atoms with Crippen molar-refractivity contribution < 1.29 is 5.11 Å². The predicted molar refractivity (Wildman–Crippen MR) is 59.3 cm³/mol. The van der Waals surface area contributed by atoms with E-state index in [1.807, 2.05) is 24.3 Å². The lowest BCUT2D eigenvalue weighted by Gasteiger charge is -1.82. The van der Waals surface area contributed by atoms with E-state index in [-0.39, 0.29) is 0 Å². The minimum atomic E-state index is 0.322. The summed E-state index contributed by atoms with van der Waals surface area (Å²) in [6.45, 7) is 2.08. The lowest BCUT2D eigenvalue weighted by atomic mass is 10.2. The average molecular weight is 186 g/mol. The second-order valence-corrected chi connectivity index (χ2v) is 2.99. The number of aromatic hydroxyl groups is 1. The fourth-order valence-electron chi connectivity index (χ4n) is 0.962. The molecule has 2 rings (SSSR count). The highest BCUT2D eigenvalue weighted by Crippen LogP contribution is 2.02. The Kier molecular flexibility index (Phi) is 4.29. The van der Waals surface area contributed by atoms with Gasteiger partial charge in [-0.1, -0.05) is 54.1 Å². The maximum Gasteiger partial charge on any atom is 0.115 e. The van der Waals surface area contributed by atoms with Crippen molar-refractivity contribution in [1.29, 1.82) is 0 Å². The molecule has 2 aromatic rings. The largest absolute Gasteiger partial charge is 0.508 e. The van der Waals surface area contributed by atoms with Gasteiger partial charge in [-0.3, -0.25) is 0 Å². The zero-order valence-electron chi connectivity index (χ0n) is 8.22. The Hall–Kier alpha value is -1.76. The lowest BCUT2D eigenvalue weighted by molar-refractivity contribution is 0.475. The third kappa shape index (κ3) is 4.31. The number of phenols is 1. The monoisotopic (exact) mass is 186 g/mol. The predicted octanol–water partition coefficient (Wildman–Crippen LogP) is 3.39. The molecule has 0 fully saturated rings. The van der Waals surface area contributed by atoms with Gasteiger partial charge in [0, 0.05) is 0 Å². The van der Waals surface area contributed by atoms with Gasteiger partial charge in [0.05, 0.1) is 0 Å². The number of hydrogen-bond donors (Lipinski definition) is 1. The molecule has 14 heavy (non-hydrogen) atoms.